The van der Waals surface area contributed by atoms with E-state index in [1.54, 1.807) is 0 Å². The van der Waals surface area contributed by atoms with Gasteiger partial charge in [-0.2, -0.15) is 4.31 Å². The van der Waals surface area contributed by atoms with Crippen molar-refractivity contribution < 1.29 is 13.5 Å². The van der Waals surface area contributed by atoms with Crippen molar-refractivity contribution in [2.45, 2.75) is 42.0 Å². The summed E-state index contributed by atoms with van der Waals surface area (Å²) in [5.74, 6) is 0. The van der Waals surface area contributed by atoms with E-state index in [1.165, 1.54) is 17.5 Å². The summed E-state index contributed by atoms with van der Waals surface area (Å²) in [5, 5.41) is 9.91. The average Bonchev–Trinajstić information content (AvgIpc) is 2.76. The Morgan fingerprint density at radius 3 is 2.72 bits per heavy atom. The van der Waals surface area contributed by atoms with Crippen molar-refractivity contribution >= 4 is 33.0 Å². The lowest BCUT2D eigenvalue weighted by molar-refractivity contribution is 0.0638. The van der Waals surface area contributed by atoms with Crippen LogP contribution in [-0.4, -0.2) is 42.0 Å². The number of thiazole rings is 1. The number of hydrogen-bond acceptors (Lipinski definition) is 5. The smallest absolute Gasteiger partial charge is 0.254 e. The maximum Gasteiger partial charge on any atom is 0.254 e. The molecule has 1 heterocycles. The van der Waals surface area contributed by atoms with E-state index in [1.807, 2.05) is 0 Å². The van der Waals surface area contributed by atoms with Crippen LogP contribution < -0.4 is 0 Å². The third-order valence-electron chi connectivity index (χ3n) is 3.25. The number of aliphatic hydroxyl groups excluding tert-OH is 1. The third kappa shape index (κ3) is 2.70. The number of hydrogen-bond donors (Lipinski definition) is 1. The molecule has 102 valence electrons. The molecule has 2 rings (SSSR count). The lowest BCUT2D eigenvalue weighted by atomic mass is 9.93. The van der Waals surface area contributed by atoms with E-state index in [-0.39, 0.29) is 14.7 Å². The zero-order chi connectivity index (χ0) is 13.3. The highest BCUT2D eigenvalue weighted by Crippen LogP contribution is 2.30. The van der Waals surface area contributed by atoms with E-state index in [0.29, 0.717) is 12.8 Å². The van der Waals surface area contributed by atoms with E-state index in [4.69, 9.17) is 11.6 Å². The Kier molecular flexibility index (Phi) is 4.28. The molecule has 0 aromatic carbocycles. The molecular weight excluding hydrogens is 296 g/mol. The summed E-state index contributed by atoms with van der Waals surface area (Å²) in [7, 11) is -2.10. The molecule has 2 unspecified atom stereocenters. The van der Waals surface area contributed by atoms with Crippen molar-refractivity contribution in [1.29, 1.82) is 0 Å². The fraction of sp³-hybridized carbons (Fsp3) is 0.700. The number of likely N-dealkylation sites (N-methyl/N-ethyl adjacent to an activating group) is 1. The monoisotopic (exact) mass is 310 g/mol. The van der Waals surface area contributed by atoms with Gasteiger partial charge >= 0.3 is 0 Å². The lowest BCUT2D eigenvalue weighted by Gasteiger charge is -2.33. The SMILES string of the molecule is CN(C1CCCCC1O)S(=O)(=O)c1cnc(Cl)s1. The Balaban J connectivity index is 2.24. The van der Waals surface area contributed by atoms with Crippen LogP contribution >= 0.6 is 22.9 Å². The zero-order valence-electron chi connectivity index (χ0n) is 9.91. The van der Waals surface area contributed by atoms with E-state index in [0.717, 1.165) is 24.2 Å². The average molecular weight is 311 g/mol. The van der Waals surface area contributed by atoms with Crippen LogP contribution in [0.1, 0.15) is 25.7 Å². The summed E-state index contributed by atoms with van der Waals surface area (Å²) < 4.78 is 26.2. The molecule has 0 amide bonds. The van der Waals surface area contributed by atoms with Gasteiger partial charge in [0.2, 0.25) is 0 Å². The summed E-state index contributed by atoms with van der Waals surface area (Å²) in [6.07, 6.45) is 3.87. The van der Waals surface area contributed by atoms with Gasteiger partial charge in [-0.05, 0) is 12.8 Å². The second kappa shape index (κ2) is 5.42. The van der Waals surface area contributed by atoms with Gasteiger partial charge in [-0.3, -0.25) is 0 Å². The van der Waals surface area contributed by atoms with Gasteiger partial charge < -0.3 is 5.11 Å². The van der Waals surface area contributed by atoms with E-state index < -0.39 is 16.1 Å². The standard InChI is InChI=1S/C10H15ClN2O3S2/c1-13(7-4-2-3-5-8(7)14)18(15,16)9-6-12-10(11)17-9/h6-8,14H,2-5H2,1H3. The molecule has 5 nitrogen and oxygen atoms in total. The van der Waals surface area contributed by atoms with Gasteiger partial charge in [-0.25, -0.2) is 13.4 Å². The fourth-order valence-electron chi connectivity index (χ4n) is 2.19. The van der Waals surface area contributed by atoms with Crippen molar-refractivity contribution in [3.05, 3.63) is 10.7 Å². The minimum Gasteiger partial charge on any atom is -0.391 e. The van der Waals surface area contributed by atoms with Crippen LogP contribution in [0, 0.1) is 0 Å². The molecule has 0 spiro atoms. The van der Waals surface area contributed by atoms with Gasteiger partial charge in [-0.15, -0.1) is 0 Å². The van der Waals surface area contributed by atoms with Crippen molar-refractivity contribution in [2.24, 2.45) is 0 Å². The fourth-order valence-corrected chi connectivity index (χ4v) is 5.09. The molecule has 2 atom stereocenters. The molecule has 8 heteroatoms. The van der Waals surface area contributed by atoms with Crippen molar-refractivity contribution in [1.82, 2.24) is 9.29 Å². The normalized spacial score (nSPS) is 25.6. The molecule has 1 aliphatic carbocycles. The van der Waals surface area contributed by atoms with Gasteiger partial charge in [0.05, 0.1) is 18.3 Å². The first-order chi connectivity index (χ1) is 8.43. The van der Waals surface area contributed by atoms with Crippen LogP contribution in [0.3, 0.4) is 0 Å². The van der Waals surface area contributed by atoms with Crippen LogP contribution in [0.5, 0.6) is 0 Å². The predicted octanol–water partition coefficient (Wildman–Crippen LogP) is 1.72. The maximum absolute atomic E-state index is 12.3. The molecule has 18 heavy (non-hydrogen) atoms. The predicted molar refractivity (Wildman–Crippen MR) is 70.3 cm³/mol. The van der Waals surface area contributed by atoms with Crippen LogP contribution in [0.25, 0.3) is 0 Å². The Bertz CT molecular complexity index is 517. The van der Waals surface area contributed by atoms with E-state index in [9.17, 15) is 13.5 Å². The summed E-state index contributed by atoms with van der Waals surface area (Å²) >= 11 is 6.59. The van der Waals surface area contributed by atoms with Gasteiger partial charge in [0.25, 0.3) is 10.0 Å². The second-order valence-corrected chi connectivity index (χ2v) is 8.21. The molecule has 0 aliphatic heterocycles. The number of nitrogens with zero attached hydrogens (tertiary/aromatic N) is 2. The molecule has 1 aromatic heterocycles. The summed E-state index contributed by atoms with van der Waals surface area (Å²) in [6, 6.07) is -0.357. The minimum absolute atomic E-state index is 0.118. The first kappa shape index (κ1) is 14.2. The van der Waals surface area contributed by atoms with E-state index >= 15 is 0 Å². The number of sulfonamides is 1. The van der Waals surface area contributed by atoms with Crippen LogP contribution in [-0.2, 0) is 10.0 Å². The molecule has 0 bridgehead atoms. The van der Waals surface area contributed by atoms with Crippen molar-refractivity contribution in [3.8, 4) is 0 Å². The molecule has 1 fully saturated rings. The Morgan fingerprint density at radius 2 is 2.17 bits per heavy atom. The second-order valence-electron chi connectivity index (χ2n) is 4.37. The Hall–Kier alpha value is -0.210. The summed E-state index contributed by atoms with van der Waals surface area (Å²) in [6.45, 7) is 0. The van der Waals surface area contributed by atoms with Crippen molar-refractivity contribution in [2.75, 3.05) is 7.05 Å². The Labute approximate surface area is 115 Å². The molecule has 0 radical (unpaired) electrons. The van der Waals surface area contributed by atoms with Gasteiger partial charge in [0.1, 0.15) is 0 Å². The summed E-state index contributed by atoms with van der Waals surface area (Å²) in [4.78, 5) is 3.75. The highest BCUT2D eigenvalue weighted by atomic mass is 35.5. The van der Waals surface area contributed by atoms with E-state index in [2.05, 4.69) is 4.98 Å². The molecule has 1 aliphatic rings. The largest absolute Gasteiger partial charge is 0.391 e. The quantitative estimate of drug-likeness (QED) is 0.923. The number of rotatable bonds is 3. The van der Waals surface area contributed by atoms with Gasteiger partial charge in [0, 0.05) is 7.05 Å². The molecule has 1 N–H and O–H groups in total. The summed E-state index contributed by atoms with van der Waals surface area (Å²) in [5.41, 5.74) is 0. The van der Waals surface area contributed by atoms with Crippen LogP contribution in [0.4, 0.5) is 0 Å². The van der Waals surface area contributed by atoms with Crippen molar-refractivity contribution in [3.63, 3.8) is 0 Å². The molecule has 0 saturated heterocycles. The van der Waals surface area contributed by atoms with Crippen LogP contribution in [0.15, 0.2) is 10.4 Å². The van der Waals surface area contributed by atoms with Crippen LogP contribution in [0.2, 0.25) is 4.47 Å². The number of aliphatic hydroxyl groups is 1. The topological polar surface area (TPSA) is 70.5 Å². The lowest BCUT2D eigenvalue weighted by Crippen LogP contribution is -2.45. The molecular formula is C10H15ClN2O3S2. The highest BCUT2D eigenvalue weighted by molar-refractivity contribution is 7.91. The number of halogens is 1. The van der Waals surface area contributed by atoms with Gasteiger partial charge in [-0.1, -0.05) is 35.8 Å². The van der Waals surface area contributed by atoms with Gasteiger partial charge in [0.15, 0.2) is 8.68 Å². The Morgan fingerprint density at radius 1 is 1.50 bits per heavy atom. The first-order valence-electron chi connectivity index (χ1n) is 5.70. The highest BCUT2D eigenvalue weighted by Gasteiger charge is 2.35. The zero-order valence-corrected chi connectivity index (χ0v) is 12.3. The first-order valence-corrected chi connectivity index (χ1v) is 8.34. The number of aromatic nitrogens is 1. The molecule has 1 aromatic rings. The maximum atomic E-state index is 12.3. The minimum atomic E-state index is -3.61. The molecule has 1 saturated carbocycles. The third-order valence-corrected chi connectivity index (χ3v) is 6.68.